The molecule has 3 aliphatic rings. The Morgan fingerprint density at radius 3 is 2.59 bits per heavy atom. The molecule has 2 atom stereocenters. The van der Waals surface area contributed by atoms with E-state index in [4.69, 9.17) is 4.74 Å². The number of benzene rings is 1. The number of amides is 2. The van der Waals surface area contributed by atoms with E-state index in [2.05, 4.69) is 5.32 Å². The molecule has 0 radical (unpaired) electrons. The Morgan fingerprint density at radius 2 is 1.92 bits per heavy atom. The number of aromatic nitrogens is 2. The van der Waals surface area contributed by atoms with Crippen LogP contribution in [0.1, 0.15) is 30.6 Å². The van der Waals surface area contributed by atoms with Gasteiger partial charge in [0, 0.05) is 20.0 Å². The molecule has 2 amide bonds. The van der Waals surface area contributed by atoms with Crippen molar-refractivity contribution in [3.63, 3.8) is 0 Å². The first-order valence-corrected chi connectivity index (χ1v) is 12.1. The van der Waals surface area contributed by atoms with E-state index in [0.717, 1.165) is 0 Å². The molecule has 3 heterocycles. The fraction of sp³-hybridized carbons (Fsp3) is 0.440. The van der Waals surface area contributed by atoms with Crippen LogP contribution in [0, 0.1) is 0 Å². The van der Waals surface area contributed by atoms with E-state index in [1.165, 1.54) is 30.0 Å². The number of carbonyl (C=O) groups excluding carboxylic acids is 2. The summed E-state index contributed by atoms with van der Waals surface area (Å²) in [5.41, 5.74) is -0.0848. The third kappa shape index (κ3) is 4.36. The van der Waals surface area contributed by atoms with Gasteiger partial charge < -0.3 is 20.1 Å². The second-order valence-electron chi connectivity index (χ2n) is 9.77. The zero-order valence-corrected chi connectivity index (χ0v) is 20.6. The van der Waals surface area contributed by atoms with Crippen molar-refractivity contribution in [2.24, 2.45) is 0 Å². The molecule has 1 aliphatic carbocycles. The summed E-state index contributed by atoms with van der Waals surface area (Å²) in [5.74, 6) is -1.77. The Morgan fingerprint density at radius 1 is 1.19 bits per heavy atom. The molecule has 0 saturated carbocycles. The van der Waals surface area contributed by atoms with Crippen molar-refractivity contribution in [3.8, 4) is 0 Å². The van der Waals surface area contributed by atoms with E-state index >= 15 is 4.39 Å². The van der Waals surface area contributed by atoms with Gasteiger partial charge in [0.25, 0.3) is 5.56 Å². The van der Waals surface area contributed by atoms with Gasteiger partial charge in [-0.1, -0.05) is 6.08 Å². The lowest BCUT2D eigenvalue weighted by Crippen LogP contribution is -2.47. The minimum Gasteiger partial charge on any atom is -0.478 e. The molecule has 1 unspecified atom stereocenters. The summed E-state index contributed by atoms with van der Waals surface area (Å²) < 4.78 is 24.2. The standard InChI is InChI=1S/C25H28FN5O6/c1-15(32)27-13-17-14-29(24(36)37-17)25(2)6-5-21(19(26)12-25)28-7-9-30-20-4-3-16(23(34)35)11-18(20)22(33)31(30)10-8-28/h3-5,11-12,17H,6-10,13-14H2,1-2H3,(H,27,32)(H,34,35)/t17-,25?/m0/s1. The van der Waals surface area contributed by atoms with E-state index in [9.17, 15) is 24.3 Å². The zero-order valence-electron chi connectivity index (χ0n) is 20.6. The van der Waals surface area contributed by atoms with Crippen LogP contribution in [0.3, 0.4) is 0 Å². The van der Waals surface area contributed by atoms with Crippen LogP contribution in [0.2, 0.25) is 0 Å². The summed E-state index contributed by atoms with van der Waals surface area (Å²) in [7, 11) is 0. The summed E-state index contributed by atoms with van der Waals surface area (Å²) in [5, 5.41) is 12.2. The molecule has 1 aromatic heterocycles. The van der Waals surface area contributed by atoms with Crippen LogP contribution in [-0.2, 0) is 22.6 Å². The van der Waals surface area contributed by atoms with Crippen molar-refractivity contribution in [1.29, 1.82) is 0 Å². The fourth-order valence-corrected chi connectivity index (χ4v) is 5.27. The molecule has 1 aromatic carbocycles. The molecule has 11 nitrogen and oxygen atoms in total. The van der Waals surface area contributed by atoms with E-state index in [-0.39, 0.29) is 30.1 Å². The number of cyclic esters (lactones) is 1. The number of carboxylic acid groups (broad SMARTS) is 1. The largest absolute Gasteiger partial charge is 0.478 e. The summed E-state index contributed by atoms with van der Waals surface area (Å²) in [4.78, 5) is 51.3. The highest BCUT2D eigenvalue weighted by Gasteiger charge is 2.43. The molecule has 1 saturated heterocycles. The fourth-order valence-electron chi connectivity index (χ4n) is 5.27. The number of halogens is 1. The molecule has 12 heteroatoms. The van der Waals surface area contributed by atoms with Crippen molar-refractivity contribution in [1.82, 2.24) is 24.5 Å². The van der Waals surface area contributed by atoms with Crippen molar-refractivity contribution < 1.29 is 28.6 Å². The van der Waals surface area contributed by atoms with Crippen LogP contribution in [-0.4, -0.2) is 80.1 Å². The molecule has 0 spiro atoms. The quantitative estimate of drug-likeness (QED) is 0.623. The molecule has 2 N–H and O–H groups in total. The maximum atomic E-state index is 15.5. The van der Waals surface area contributed by atoms with Gasteiger partial charge in [0.2, 0.25) is 5.91 Å². The Labute approximate surface area is 211 Å². The molecular formula is C25H28FN5O6. The van der Waals surface area contributed by atoms with Gasteiger partial charge in [0.05, 0.1) is 53.9 Å². The van der Waals surface area contributed by atoms with E-state index in [1.54, 1.807) is 23.7 Å². The minimum absolute atomic E-state index is 0.0542. The number of hydrogen-bond acceptors (Lipinski definition) is 6. The molecular weight excluding hydrogens is 485 g/mol. The van der Waals surface area contributed by atoms with Crippen molar-refractivity contribution in [2.45, 2.75) is 45.0 Å². The van der Waals surface area contributed by atoms with Crippen molar-refractivity contribution in [3.05, 3.63) is 57.8 Å². The molecule has 2 aliphatic heterocycles. The molecule has 37 heavy (non-hydrogen) atoms. The Kier molecular flexibility index (Phi) is 6.04. The molecule has 0 bridgehead atoms. The summed E-state index contributed by atoms with van der Waals surface area (Å²) in [6, 6.07) is 4.49. The number of carbonyl (C=O) groups is 3. The first kappa shape index (κ1) is 24.6. The molecule has 1 fully saturated rings. The first-order chi connectivity index (χ1) is 17.6. The van der Waals surface area contributed by atoms with Gasteiger partial charge in [0.15, 0.2) is 0 Å². The van der Waals surface area contributed by atoms with E-state index in [0.29, 0.717) is 49.2 Å². The van der Waals surface area contributed by atoms with Crippen LogP contribution in [0.5, 0.6) is 0 Å². The number of rotatable bonds is 5. The van der Waals surface area contributed by atoms with E-state index in [1.807, 2.05) is 9.58 Å². The van der Waals surface area contributed by atoms with Crippen LogP contribution in [0.25, 0.3) is 10.9 Å². The maximum absolute atomic E-state index is 15.5. The van der Waals surface area contributed by atoms with Crippen LogP contribution < -0.4 is 10.9 Å². The predicted molar refractivity (Wildman–Crippen MR) is 131 cm³/mol. The van der Waals surface area contributed by atoms with Crippen LogP contribution in [0.4, 0.5) is 9.18 Å². The lowest BCUT2D eigenvalue weighted by Gasteiger charge is -2.38. The Hall–Kier alpha value is -4.09. The Balaban J connectivity index is 1.31. The average molecular weight is 514 g/mol. The second-order valence-corrected chi connectivity index (χ2v) is 9.77. The number of nitrogens with one attached hydrogen (secondary N) is 1. The molecule has 2 aromatic rings. The third-order valence-corrected chi connectivity index (χ3v) is 7.24. The summed E-state index contributed by atoms with van der Waals surface area (Å²) in [6.07, 6.45) is 2.52. The monoisotopic (exact) mass is 513 g/mol. The van der Waals surface area contributed by atoms with Gasteiger partial charge in [-0.05, 0) is 37.6 Å². The third-order valence-electron chi connectivity index (χ3n) is 7.24. The average Bonchev–Trinajstić information content (AvgIpc) is 3.25. The number of carboxylic acids is 1. The lowest BCUT2D eigenvalue weighted by molar-refractivity contribution is -0.119. The highest BCUT2D eigenvalue weighted by atomic mass is 19.1. The number of aromatic carboxylic acids is 1. The van der Waals surface area contributed by atoms with Gasteiger partial charge >= 0.3 is 12.1 Å². The van der Waals surface area contributed by atoms with Crippen LogP contribution >= 0.6 is 0 Å². The van der Waals surface area contributed by atoms with Crippen molar-refractivity contribution >= 4 is 28.9 Å². The van der Waals surface area contributed by atoms with Gasteiger partial charge in [-0.15, -0.1) is 0 Å². The number of nitrogens with zero attached hydrogens (tertiary/aromatic N) is 4. The number of ether oxygens (including phenoxy) is 1. The SMILES string of the molecule is CC(=O)NC[C@H]1CN(C2(C)C=C(F)C(N3CCn4c(=O)c5cc(C(=O)O)ccc5n4CC3)=CC2)C(=O)O1. The zero-order chi connectivity index (χ0) is 26.5. The smallest absolute Gasteiger partial charge is 0.411 e. The molecule has 196 valence electrons. The summed E-state index contributed by atoms with van der Waals surface area (Å²) >= 11 is 0. The van der Waals surface area contributed by atoms with Crippen LogP contribution in [0.15, 0.2) is 46.7 Å². The Bertz CT molecular complexity index is 1420. The second kappa shape index (κ2) is 9.09. The number of hydrogen-bond donors (Lipinski definition) is 2. The van der Waals surface area contributed by atoms with Gasteiger partial charge in [-0.3, -0.25) is 19.2 Å². The maximum Gasteiger partial charge on any atom is 0.411 e. The predicted octanol–water partition coefficient (Wildman–Crippen LogP) is 1.67. The lowest BCUT2D eigenvalue weighted by atomic mass is 9.89. The highest BCUT2D eigenvalue weighted by molar-refractivity contribution is 5.93. The van der Waals surface area contributed by atoms with Gasteiger partial charge in [0.1, 0.15) is 11.9 Å². The van der Waals surface area contributed by atoms with E-state index < -0.39 is 29.5 Å². The van der Waals surface area contributed by atoms with Gasteiger partial charge in [-0.25, -0.2) is 18.7 Å². The number of allylic oxidation sites excluding steroid dienone is 1. The molecule has 5 rings (SSSR count). The van der Waals surface area contributed by atoms with Crippen molar-refractivity contribution in [2.75, 3.05) is 26.2 Å². The summed E-state index contributed by atoms with van der Waals surface area (Å²) in [6.45, 7) is 5.14. The topological polar surface area (TPSA) is 126 Å². The highest BCUT2D eigenvalue weighted by Crippen LogP contribution is 2.36. The minimum atomic E-state index is -1.09. The number of fused-ring (bicyclic) bond motifs is 3. The first-order valence-electron chi connectivity index (χ1n) is 12.1. The normalized spacial score (nSPS) is 23.8. The van der Waals surface area contributed by atoms with Gasteiger partial charge in [-0.2, -0.15) is 0 Å².